The third-order valence-corrected chi connectivity index (χ3v) is 6.08. The number of hydrogen-bond acceptors (Lipinski definition) is 4. The number of aromatic amines is 1. The maximum absolute atomic E-state index is 13.5. The summed E-state index contributed by atoms with van der Waals surface area (Å²) in [6.45, 7) is 0.662. The Morgan fingerprint density at radius 1 is 1.40 bits per heavy atom. The number of fused-ring (bicyclic) bond motifs is 2. The molecule has 0 radical (unpaired) electrons. The molecule has 1 fully saturated rings. The van der Waals surface area contributed by atoms with Crippen molar-refractivity contribution in [3.63, 3.8) is 0 Å². The average molecular weight is 356 g/mol. The van der Waals surface area contributed by atoms with Gasteiger partial charge in [0.2, 0.25) is 5.91 Å². The van der Waals surface area contributed by atoms with Crippen LogP contribution in [0.25, 0.3) is 10.2 Å². The van der Waals surface area contributed by atoms with E-state index < -0.39 is 0 Å². The predicted octanol–water partition coefficient (Wildman–Crippen LogP) is 3.43. The van der Waals surface area contributed by atoms with Crippen LogP contribution >= 0.6 is 11.3 Å². The standard InChI is InChI=1S/C18H17FN4OS/c19-11-3-4-12-14(8-11)25-18(22-12)17-16-13(20-9-21-16)5-6-23(17)15(24)7-10-1-2-10/h3-4,8-10,17H,1-2,5-7H2,(H,20,21)/t17-/m0/s1. The fourth-order valence-electron chi connectivity index (χ4n) is 3.51. The molecule has 0 bridgehead atoms. The number of nitrogens with one attached hydrogen (secondary N) is 1. The van der Waals surface area contributed by atoms with E-state index in [1.54, 1.807) is 12.4 Å². The van der Waals surface area contributed by atoms with Gasteiger partial charge in [0.25, 0.3) is 0 Å². The minimum absolute atomic E-state index is 0.173. The highest BCUT2D eigenvalue weighted by molar-refractivity contribution is 7.18. The third-order valence-electron chi connectivity index (χ3n) is 5.01. The van der Waals surface area contributed by atoms with Crippen molar-refractivity contribution in [3.05, 3.63) is 46.7 Å². The minimum atomic E-state index is -0.276. The van der Waals surface area contributed by atoms with Gasteiger partial charge in [-0.3, -0.25) is 4.79 Å². The molecule has 1 atom stereocenters. The topological polar surface area (TPSA) is 61.9 Å². The van der Waals surface area contributed by atoms with Gasteiger partial charge in [0, 0.05) is 25.1 Å². The second-order valence-electron chi connectivity index (χ2n) is 6.82. The van der Waals surface area contributed by atoms with Crippen LogP contribution in [0.2, 0.25) is 0 Å². The number of amides is 1. The Kier molecular flexibility index (Phi) is 3.38. The molecule has 1 aliphatic heterocycles. The molecule has 0 spiro atoms. The summed E-state index contributed by atoms with van der Waals surface area (Å²) in [6.07, 6.45) is 5.37. The number of hydrogen-bond donors (Lipinski definition) is 1. The Balaban J connectivity index is 1.58. The van der Waals surface area contributed by atoms with E-state index in [9.17, 15) is 9.18 Å². The first-order chi connectivity index (χ1) is 12.2. The van der Waals surface area contributed by atoms with Crippen LogP contribution in [-0.4, -0.2) is 32.3 Å². The van der Waals surface area contributed by atoms with E-state index in [-0.39, 0.29) is 17.8 Å². The van der Waals surface area contributed by atoms with E-state index in [0.29, 0.717) is 18.9 Å². The van der Waals surface area contributed by atoms with Gasteiger partial charge in [-0.2, -0.15) is 0 Å². The van der Waals surface area contributed by atoms with Crippen LogP contribution in [0, 0.1) is 11.7 Å². The molecular formula is C18H17FN4OS. The van der Waals surface area contributed by atoms with E-state index in [1.165, 1.54) is 23.5 Å². The summed E-state index contributed by atoms with van der Waals surface area (Å²) in [5.74, 6) is 0.443. The number of carbonyl (C=O) groups is 1. The normalized spacial score (nSPS) is 20.0. The lowest BCUT2D eigenvalue weighted by Gasteiger charge is -2.33. The van der Waals surface area contributed by atoms with Crippen LogP contribution in [0.15, 0.2) is 24.5 Å². The lowest BCUT2D eigenvalue weighted by molar-refractivity contribution is -0.133. The molecule has 3 aromatic rings. The fourth-order valence-corrected chi connectivity index (χ4v) is 4.62. The van der Waals surface area contributed by atoms with Crippen molar-refractivity contribution >= 4 is 27.5 Å². The Bertz CT molecular complexity index is 961. The van der Waals surface area contributed by atoms with Crippen LogP contribution in [0.3, 0.4) is 0 Å². The van der Waals surface area contributed by atoms with Crippen LogP contribution < -0.4 is 0 Å². The highest BCUT2D eigenvalue weighted by Crippen LogP contribution is 2.40. The predicted molar refractivity (Wildman–Crippen MR) is 92.8 cm³/mol. The third kappa shape index (κ3) is 2.63. The lowest BCUT2D eigenvalue weighted by Crippen LogP contribution is -2.40. The maximum atomic E-state index is 13.5. The van der Waals surface area contributed by atoms with Gasteiger partial charge in [-0.25, -0.2) is 14.4 Å². The van der Waals surface area contributed by atoms with Crippen molar-refractivity contribution < 1.29 is 9.18 Å². The summed E-state index contributed by atoms with van der Waals surface area (Å²) in [7, 11) is 0. The van der Waals surface area contributed by atoms with Gasteiger partial charge >= 0.3 is 0 Å². The van der Waals surface area contributed by atoms with Crippen molar-refractivity contribution in [3.8, 4) is 0 Å². The Labute approximate surface area is 147 Å². The van der Waals surface area contributed by atoms with Crippen molar-refractivity contribution in [2.24, 2.45) is 5.92 Å². The number of imidazole rings is 1. The van der Waals surface area contributed by atoms with Gasteiger partial charge in [0.1, 0.15) is 16.9 Å². The number of nitrogens with zero attached hydrogens (tertiary/aromatic N) is 3. The Morgan fingerprint density at radius 3 is 3.12 bits per heavy atom. The molecule has 1 N–H and O–H groups in total. The van der Waals surface area contributed by atoms with Crippen molar-refractivity contribution in [2.45, 2.75) is 31.7 Å². The molecule has 0 unspecified atom stereocenters. The summed E-state index contributed by atoms with van der Waals surface area (Å²) < 4.78 is 14.3. The average Bonchev–Trinajstić information content (AvgIpc) is 3.12. The second-order valence-corrected chi connectivity index (χ2v) is 7.88. The van der Waals surface area contributed by atoms with E-state index in [4.69, 9.17) is 0 Å². The van der Waals surface area contributed by atoms with Crippen LogP contribution in [-0.2, 0) is 11.2 Å². The number of thiazole rings is 1. The molecule has 1 aliphatic carbocycles. The SMILES string of the molecule is O=C(CC1CC1)N1CCc2[nH]cnc2[C@H]1c1nc2ccc(F)cc2s1. The molecular weight excluding hydrogens is 339 g/mol. The first-order valence-corrected chi connectivity index (χ1v) is 9.38. The molecule has 1 aromatic carbocycles. The molecule has 2 aromatic heterocycles. The van der Waals surface area contributed by atoms with Gasteiger partial charge in [-0.05, 0) is 37.0 Å². The molecule has 3 heterocycles. The van der Waals surface area contributed by atoms with Crippen LogP contribution in [0.4, 0.5) is 4.39 Å². The molecule has 5 rings (SSSR count). The highest BCUT2D eigenvalue weighted by atomic mass is 32.1. The fraction of sp³-hybridized carbons (Fsp3) is 0.389. The van der Waals surface area contributed by atoms with Gasteiger partial charge in [0.05, 0.1) is 22.2 Å². The molecule has 5 nitrogen and oxygen atoms in total. The Hall–Kier alpha value is -2.28. The molecule has 128 valence electrons. The maximum Gasteiger partial charge on any atom is 0.223 e. The van der Waals surface area contributed by atoms with Crippen LogP contribution in [0.1, 0.15) is 41.7 Å². The van der Waals surface area contributed by atoms with Gasteiger partial charge < -0.3 is 9.88 Å². The van der Waals surface area contributed by atoms with Gasteiger partial charge in [-0.15, -0.1) is 11.3 Å². The molecule has 1 saturated carbocycles. The van der Waals surface area contributed by atoms with Crippen molar-refractivity contribution in [2.75, 3.05) is 6.54 Å². The van der Waals surface area contributed by atoms with E-state index in [1.807, 2.05) is 4.90 Å². The highest BCUT2D eigenvalue weighted by Gasteiger charge is 2.37. The second kappa shape index (κ2) is 5.62. The lowest BCUT2D eigenvalue weighted by atomic mass is 10.0. The zero-order valence-electron chi connectivity index (χ0n) is 13.5. The minimum Gasteiger partial charge on any atom is -0.348 e. The summed E-state index contributed by atoms with van der Waals surface area (Å²) in [5.41, 5.74) is 2.69. The Morgan fingerprint density at radius 2 is 2.28 bits per heavy atom. The number of H-pyrrole nitrogens is 1. The van der Waals surface area contributed by atoms with E-state index in [2.05, 4.69) is 15.0 Å². The van der Waals surface area contributed by atoms with Crippen molar-refractivity contribution in [1.29, 1.82) is 0 Å². The summed E-state index contributed by atoms with van der Waals surface area (Å²) in [5, 5.41) is 0.804. The number of halogens is 1. The number of rotatable bonds is 3. The van der Waals surface area contributed by atoms with E-state index in [0.717, 1.165) is 45.9 Å². The number of carbonyl (C=O) groups excluding carboxylic acids is 1. The van der Waals surface area contributed by atoms with Crippen LogP contribution in [0.5, 0.6) is 0 Å². The summed E-state index contributed by atoms with van der Waals surface area (Å²) in [6, 6.07) is 4.33. The first kappa shape index (κ1) is 15.0. The smallest absolute Gasteiger partial charge is 0.223 e. The monoisotopic (exact) mass is 356 g/mol. The first-order valence-electron chi connectivity index (χ1n) is 8.56. The zero-order chi connectivity index (χ0) is 17.0. The number of aromatic nitrogens is 3. The quantitative estimate of drug-likeness (QED) is 0.782. The van der Waals surface area contributed by atoms with Gasteiger partial charge in [-0.1, -0.05) is 0 Å². The van der Waals surface area contributed by atoms with Gasteiger partial charge in [0.15, 0.2) is 0 Å². The molecule has 1 amide bonds. The van der Waals surface area contributed by atoms with Crippen molar-refractivity contribution in [1.82, 2.24) is 19.9 Å². The molecule has 0 saturated heterocycles. The molecule has 2 aliphatic rings. The van der Waals surface area contributed by atoms with E-state index >= 15 is 0 Å². The molecule has 25 heavy (non-hydrogen) atoms. The summed E-state index contributed by atoms with van der Waals surface area (Å²) in [4.78, 5) is 27.1. The summed E-state index contributed by atoms with van der Waals surface area (Å²) >= 11 is 1.44. The molecule has 7 heteroatoms. The largest absolute Gasteiger partial charge is 0.348 e. The number of benzene rings is 1. The zero-order valence-corrected chi connectivity index (χ0v) is 14.4.